The van der Waals surface area contributed by atoms with Crippen LogP contribution in [0, 0.1) is 0 Å². The van der Waals surface area contributed by atoms with Crippen molar-refractivity contribution in [1.29, 1.82) is 0 Å². The largest absolute Gasteiger partial charge is 0.288 e. The minimum Gasteiger partial charge on any atom is -0.288 e. The number of azide groups is 1. The Hall–Kier alpha value is -2.84. The zero-order chi connectivity index (χ0) is 14.0. The summed E-state index contributed by atoms with van der Waals surface area (Å²) in [5, 5.41) is 3.64. The molecular formula is C16H14N4. The molecule has 0 aliphatic carbocycles. The number of hydrogen-bond acceptors (Lipinski definition) is 2. The number of aliphatic imine (C=N–C) groups is 1. The van der Waals surface area contributed by atoms with E-state index < -0.39 is 0 Å². The van der Waals surface area contributed by atoms with Gasteiger partial charge in [0.15, 0.2) is 0 Å². The molecule has 0 unspecified atom stereocenters. The zero-order valence-electron chi connectivity index (χ0n) is 10.9. The van der Waals surface area contributed by atoms with E-state index in [0.717, 1.165) is 11.1 Å². The van der Waals surface area contributed by atoms with Gasteiger partial charge in [0.05, 0.1) is 6.54 Å². The van der Waals surface area contributed by atoms with Crippen LogP contribution in [0.3, 0.4) is 0 Å². The Morgan fingerprint density at radius 3 is 2.55 bits per heavy atom. The van der Waals surface area contributed by atoms with Crippen molar-refractivity contribution in [3.63, 3.8) is 0 Å². The molecule has 0 N–H and O–H groups in total. The van der Waals surface area contributed by atoms with Crippen LogP contribution in [0.1, 0.15) is 11.1 Å². The van der Waals surface area contributed by atoms with Gasteiger partial charge in [-0.05, 0) is 22.7 Å². The van der Waals surface area contributed by atoms with Gasteiger partial charge >= 0.3 is 0 Å². The van der Waals surface area contributed by atoms with Crippen LogP contribution in [0.15, 0.2) is 70.8 Å². The molecule has 0 aliphatic heterocycles. The number of allylic oxidation sites excluding steroid dienone is 1. The molecular weight excluding hydrogens is 248 g/mol. The lowest BCUT2D eigenvalue weighted by Crippen LogP contribution is -1.82. The molecule has 4 heteroatoms. The van der Waals surface area contributed by atoms with Crippen molar-refractivity contribution in [3.8, 4) is 0 Å². The highest BCUT2D eigenvalue weighted by Gasteiger charge is 1.96. The third-order valence-electron chi connectivity index (χ3n) is 2.69. The zero-order valence-corrected chi connectivity index (χ0v) is 10.9. The second kappa shape index (κ2) is 7.56. The van der Waals surface area contributed by atoms with Crippen LogP contribution in [-0.2, 0) is 6.54 Å². The predicted octanol–water partition coefficient (Wildman–Crippen LogP) is 4.91. The van der Waals surface area contributed by atoms with Crippen LogP contribution in [-0.4, -0.2) is 6.21 Å². The van der Waals surface area contributed by atoms with E-state index in [1.54, 1.807) is 12.3 Å². The normalized spacial score (nSPS) is 10.8. The fourth-order valence-corrected chi connectivity index (χ4v) is 1.72. The first-order chi connectivity index (χ1) is 9.90. The monoisotopic (exact) mass is 262 g/mol. The van der Waals surface area contributed by atoms with Crippen LogP contribution >= 0.6 is 0 Å². The summed E-state index contributed by atoms with van der Waals surface area (Å²) in [7, 11) is 0. The first-order valence-corrected chi connectivity index (χ1v) is 6.24. The summed E-state index contributed by atoms with van der Waals surface area (Å²) in [6, 6.07) is 17.5. The molecule has 0 fully saturated rings. The summed E-state index contributed by atoms with van der Waals surface area (Å²) < 4.78 is 0. The summed E-state index contributed by atoms with van der Waals surface area (Å²) in [5.41, 5.74) is 11.2. The van der Waals surface area contributed by atoms with E-state index >= 15 is 0 Å². The molecule has 0 atom stereocenters. The van der Waals surface area contributed by atoms with E-state index in [2.05, 4.69) is 15.0 Å². The lowest BCUT2D eigenvalue weighted by Gasteiger charge is -1.99. The second-order valence-electron chi connectivity index (χ2n) is 4.08. The number of hydrogen-bond donors (Lipinski definition) is 0. The van der Waals surface area contributed by atoms with Crippen LogP contribution in [0.2, 0.25) is 0 Å². The predicted molar refractivity (Wildman–Crippen MR) is 82.9 cm³/mol. The molecule has 2 rings (SSSR count). The van der Waals surface area contributed by atoms with Crippen molar-refractivity contribution in [2.75, 3.05) is 0 Å². The molecule has 0 spiro atoms. The molecule has 98 valence electrons. The fourth-order valence-electron chi connectivity index (χ4n) is 1.72. The lowest BCUT2D eigenvalue weighted by atomic mass is 10.2. The maximum absolute atomic E-state index is 8.49. The van der Waals surface area contributed by atoms with Gasteiger partial charge in [-0.1, -0.05) is 65.8 Å². The molecule has 0 radical (unpaired) electrons. The molecule has 0 saturated carbocycles. The van der Waals surface area contributed by atoms with Crippen molar-refractivity contribution < 1.29 is 0 Å². The molecule has 20 heavy (non-hydrogen) atoms. The summed E-state index contributed by atoms with van der Waals surface area (Å²) in [4.78, 5) is 7.11. The van der Waals surface area contributed by atoms with Gasteiger partial charge in [0.1, 0.15) is 0 Å². The van der Waals surface area contributed by atoms with E-state index in [1.807, 2.05) is 60.7 Å². The molecule has 0 amide bonds. The highest BCUT2D eigenvalue weighted by atomic mass is 15.1. The number of benzene rings is 2. The maximum Gasteiger partial charge on any atom is 0.0644 e. The smallest absolute Gasteiger partial charge is 0.0644 e. The van der Waals surface area contributed by atoms with E-state index in [-0.39, 0.29) is 0 Å². The minimum atomic E-state index is 0.494. The van der Waals surface area contributed by atoms with Gasteiger partial charge in [-0.15, -0.1) is 0 Å². The van der Waals surface area contributed by atoms with Gasteiger partial charge in [-0.3, -0.25) is 4.99 Å². The van der Waals surface area contributed by atoms with Crippen molar-refractivity contribution in [2.24, 2.45) is 10.1 Å². The first-order valence-electron chi connectivity index (χ1n) is 6.24. The number of nitrogens with zero attached hydrogens (tertiary/aromatic N) is 4. The Morgan fingerprint density at radius 2 is 1.75 bits per heavy atom. The third-order valence-corrected chi connectivity index (χ3v) is 2.69. The van der Waals surface area contributed by atoms with Crippen molar-refractivity contribution in [3.05, 3.63) is 82.2 Å². The highest BCUT2D eigenvalue weighted by Crippen LogP contribution is 2.19. The van der Waals surface area contributed by atoms with Gasteiger partial charge in [-0.2, -0.15) is 0 Å². The average molecular weight is 262 g/mol. The van der Waals surface area contributed by atoms with Crippen LogP contribution in [0.25, 0.3) is 16.5 Å². The van der Waals surface area contributed by atoms with Crippen molar-refractivity contribution >= 4 is 18.0 Å². The van der Waals surface area contributed by atoms with Gasteiger partial charge < -0.3 is 0 Å². The van der Waals surface area contributed by atoms with E-state index in [0.29, 0.717) is 12.2 Å². The Balaban J connectivity index is 1.97. The molecule has 0 bridgehead atoms. The molecule has 2 aromatic carbocycles. The third kappa shape index (κ3) is 4.12. The maximum atomic E-state index is 8.49. The Morgan fingerprint density at radius 1 is 1.00 bits per heavy atom. The highest BCUT2D eigenvalue weighted by molar-refractivity contribution is 5.78. The fraction of sp³-hybridized carbons (Fsp3) is 0.0625. The summed E-state index contributed by atoms with van der Waals surface area (Å²) in [6.07, 6.45) is 5.63. The lowest BCUT2D eigenvalue weighted by molar-refractivity contribution is 1.07. The molecule has 2 aromatic rings. The topological polar surface area (TPSA) is 61.1 Å². The Labute approximate surface area is 117 Å². The van der Waals surface area contributed by atoms with Crippen molar-refractivity contribution in [2.45, 2.75) is 6.54 Å². The molecule has 0 saturated heterocycles. The summed E-state index contributed by atoms with van der Waals surface area (Å²) >= 11 is 0. The Kier molecular flexibility index (Phi) is 5.14. The van der Waals surface area contributed by atoms with E-state index in [1.165, 1.54) is 0 Å². The quantitative estimate of drug-likeness (QED) is 0.318. The van der Waals surface area contributed by atoms with Crippen LogP contribution in [0.5, 0.6) is 0 Å². The van der Waals surface area contributed by atoms with Gasteiger partial charge in [0.2, 0.25) is 0 Å². The summed E-state index contributed by atoms with van der Waals surface area (Å²) in [6.45, 7) is 0.494. The molecule has 4 nitrogen and oxygen atoms in total. The summed E-state index contributed by atoms with van der Waals surface area (Å²) in [5.74, 6) is 0. The van der Waals surface area contributed by atoms with E-state index in [9.17, 15) is 0 Å². The van der Waals surface area contributed by atoms with Crippen LogP contribution in [0.4, 0.5) is 5.69 Å². The molecule has 0 heterocycles. The number of rotatable bonds is 5. The van der Waals surface area contributed by atoms with E-state index in [4.69, 9.17) is 5.53 Å². The Bertz CT molecular complexity index is 653. The van der Waals surface area contributed by atoms with Crippen molar-refractivity contribution in [1.82, 2.24) is 0 Å². The average Bonchev–Trinajstić information content (AvgIpc) is 2.50. The second-order valence-corrected chi connectivity index (χ2v) is 4.08. The molecule has 0 aromatic heterocycles. The van der Waals surface area contributed by atoms with Gasteiger partial charge in [0.25, 0.3) is 0 Å². The SMILES string of the molecule is [N-]=[N+]=Nc1ccccc1CN=C/C=C/c1ccccc1. The minimum absolute atomic E-state index is 0.494. The van der Waals surface area contributed by atoms with Crippen LogP contribution < -0.4 is 0 Å². The molecule has 0 aliphatic rings. The van der Waals surface area contributed by atoms with Gasteiger partial charge in [-0.25, -0.2) is 0 Å². The van der Waals surface area contributed by atoms with Gasteiger partial charge in [0, 0.05) is 16.8 Å². The first kappa shape index (κ1) is 13.6. The standard InChI is InChI=1S/C16H14N4/c17-20-19-16-11-5-4-10-15(16)13-18-12-6-9-14-7-2-1-3-8-14/h1-12H,13H2/b9-6+,18-12?.